The second-order valence-corrected chi connectivity index (χ2v) is 8.75. The summed E-state index contributed by atoms with van der Waals surface area (Å²) in [5.74, 6) is -0.738. The number of nitrogens with one attached hydrogen (secondary N) is 2. The van der Waals surface area contributed by atoms with Gasteiger partial charge < -0.3 is 0 Å². The Morgan fingerprint density at radius 3 is 2.71 bits per heavy atom. The number of halogens is 1. The number of benzene rings is 2. The molecule has 31 heavy (non-hydrogen) atoms. The average Bonchev–Trinajstić information content (AvgIpc) is 3.36. The molecule has 2 N–H and O–H groups in total. The molecule has 0 bridgehead atoms. The van der Waals surface area contributed by atoms with Gasteiger partial charge in [0.25, 0.3) is 5.91 Å². The molecule has 0 spiro atoms. The number of hydrogen-bond donors (Lipinski definition) is 3. The number of anilines is 1. The van der Waals surface area contributed by atoms with Crippen LogP contribution in [0.5, 0.6) is 0 Å². The first-order chi connectivity index (χ1) is 14.9. The van der Waals surface area contributed by atoms with Crippen molar-refractivity contribution in [1.82, 2.24) is 20.1 Å². The van der Waals surface area contributed by atoms with Crippen LogP contribution in [0.15, 0.2) is 54.9 Å². The summed E-state index contributed by atoms with van der Waals surface area (Å²) in [6.45, 7) is 0. The van der Waals surface area contributed by atoms with Gasteiger partial charge >= 0.3 is 6.03 Å². The smallest absolute Gasteiger partial charge is 0.283 e. The van der Waals surface area contributed by atoms with Crippen LogP contribution in [0.3, 0.4) is 0 Å². The van der Waals surface area contributed by atoms with E-state index < -0.39 is 22.6 Å². The van der Waals surface area contributed by atoms with Crippen molar-refractivity contribution in [2.24, 2.45) is 0 Å². The number of amides is 3. The summed E-state index contributed by atoms with van der Waals surface area (Å²) >= 11 is 7.37. The minimum Gasteiger partial charge on any atom is -0.283 e. The molecule has 158 valence electrons. The Kier molecular flexibility index (Phi) is 5.98. The van der Waals surface area contributed by atoms with E-state index in [2.05, 4.69) is 20.7 Å². The molecule has 0 radical (unpaired) electrons. The number of urea groups is 1. The van der Waals surface area contributed by atoms with E-state index in [-0.39, 0.29) is 21.5 Å². The highest BCUT2D eigenvalue weighted by Gasteiger charge is 2.16. The fraction of sp³-hybridized carbons (Fsp3) is 0.0526. The first-order valence-corrected chi connectivity index (χ1v) is 11.4. The zero-order valence-corrected chi connectivity index (χ0v) is 18.1. The molecular formula is C19H14ClN5O4S2. The van der Waals surface area contributed by atoms with E-state index in [0.29, 0.717) is 21.5 Å². The lowest BCUT2D eigenvalue weighted by molar-refractivity contribution is 0.0967. The van der Waals surface area contributed by atoms with Crippen molar-refractivity contribution >= 4 is 60.9 Å². The molecule has 0 unspecified atom stereocenters. The fourth-order valence-corrected chi connectivity index (χ4v) is 4.50. The lowest BCUT2D eigenvalue weighted by Crippen LogP contribution is -2.34. The Hall–Kier alpha value is -3.28. The Morgan fingerprint density at radius 2 is 2.00 bits per heavy atom. The third-order valence-electron chi connectivity index (χ3n) is 4.18. The highest BCUT2D eigenvalue weighted by molar-refractivity contribution is 7.71. The van der Waals surface area contributed by atoms with Gasteiger partial charge in [-0.1, -0.05) is 29.0 Å². The Bertz CT molecular complexity index is 1360. The SMILES string of the molecule is O=C(NC(=O)c1ccc(-n2cccn2)cc1Cl)Nc1nc2ccc(C[SH](=O)=O)cc2s1. The highest BCUT2D eigenvalue weighted by atomic mass is 35.5. The molecule has 0 atom stereocenters. The van der Waals surface area contributed by atoms with Gasteiger partial charge in [0, 0.05) is 12.4 Å². The van der Waals surface area contributed by atoms with Crippen molar-refractivity contribution < 1.29 is 18.0 Å². The average molecular weight is 476 g/mol. The van der Waals surface area contributed by atoms with Crippen LogP contribution in [0.2, 0.25) is 5.02 Å². The van der Waals surface area contributed by atoms with E-state index in [4.69, 9.17) is 11.6 Å². The summed E-state index contributed by atoms with van der Waals surface area (Å²) in [6, 6.07) is 10.8. The van der Waals surface area contributed by atoms with Crippen LogP contribution in [0.4, 0.5) is 9.93 Å². The van der Waals surface area contributed by atoms with Crippen LogP contribution < -0.4 is 10.6 Å². The standard InChI is InChI=1S/C19H14ClN5O4S2/c20-14-9-12(25-7-1-6-21-25)3-4-13(14)17(26)23-18(27)24-19-22-15-5-2-11(10-31(28)29)8-16(15)30-19/h1-9,31H,10H2,(H2,22,23,24,26,27). The predicted octanol–water partition coefficient (Wildman–Crippen LogP) is 3.21. The van der Waals surface area contributed by atoms with E-state index in [1.165, 1.54) is 17.4 Å². The Morgan fingerprint density at radius 1 is 1.16 bits per heavy atom. The molecule has 9 nitrogen and oxygen atoms in total. The van der Waals surface area contributed by atoms with Crippen LogP contribution in [-0.2, 0) is 16.5 Å². The molecule has 0 saturated heterocycles. The number of aromatic nitrogens is 3. The van der Waals surface area contributed by atoms with Crippen LogP contribution >= 0.6 is 22.9 Å². The van der Waals surface area contributed by atoms with E-state index in [1.807, 2.05) is 0 Å². The van der Waals surface area contributed by atoms with Gasteiger partial charge in [-0.25, -0.2) is 22.9 Å². The predicted molar refractivity (Wildman–Crippen MR) is 119 cm³/mol. The molecule has 3 amide bonds. The number of thiazole rings is 1. The van der Waals surface area contributed by atoms with Gasteiger partial charge in [-0.15, -0.1) is 0 Å². The Labute approximate surface area is 186 Å². The van der Waals surface area contributed by atoms with Crippen LogP contribution in [0.25, 0.3) is 15.9 Å². The first kappa shape index (κ1) is 21.0. The number of thiol groups is 1. The zero-order valence-electron chi connectivity index (χ0n) is 15.6. The van der Waals surface area contributed by atoms with Crippen molar-refractivity contribution in [3.05, 3.63) is 71.0 Å². The lowest BCUT2D eigenvalue weighted by atomic mass is 10.2. The highest BCUT2D eigenvalue weighted by Crippen LogP contribution is 2.27. The summed E-state index contributed by atoms with van der Waals surface area (Å²) in [5.41, 5.74) is 2.04. The minimum absolute atomic E-state index is 0.0686. The van der Waals surface area contributed by atoms with Crippen molar-refractivity contribution in [3.63, 3.8) is 0 Å². The Balaban J connectivity index is 1.44. The summed E-state index contributed by atoms with van der Waals surface area (Å²) < 4.78 is 24.1. The van der Waals surface area contributed by atoms with Gasteiger partial charge in [0.2, 0.25) is 0 Å². The molecule has 0 saturated carbocycles. The van der Waals surface area contributed by atoms with E-state index in [9.17, 15) is 18.0 Å². The number of rotatable bonds is 5. The number of hydrogen-bond acceptors (Lipinski definition) is 7. The van der Waals surface area contributed by atoms with Crippen LogP contribution in [0, 0.1) is 0 Å². The summed E-state index contributed by atoms with van der Waals surface area (Å²) in [4.78, 5) is 28.9. The maximum Gasteiger partial charge on any atom is 0.327 e. The molecule has 0 aliphatic heterocycles. The summed E-state index contributed by atoms with van der Waals surface area (Å²) in [7, 11) is -2.54. The van der Waals surface area contributed by atoms with E-state index in [1.54, 1.807) is 53.5 Å². The van der Waals surface area contributed by atoms with Crippen LogP contribution in [-0.4, -0.2) is 35.1 Å². The maximum atomic E-state index is 12.4. The largest absolute Gasteiger partial charge is 0.327 e. The molecular weight excluding hydrogens is 462 g/mol. The molecule has 4 aromatic rings. The number of carbonyl (C=O) groups excluding carboxylic acids is 2. The summed E-state index contributed by atoms with van der Waals surface area (Å²) in [6.07, 6.45) is 3.35. The second-order valence-electron chi connectivity index (χ2n) is 6.33. The van der Waals surface area contributed by atoms with Crippen molar-refractivity contribution in [2.75, 3.05) is 5.32 Å². The lowest BCUT2D eigenvalue weighted by Gasteiger charge is -2.08. The molecule has 0 aliphatic rings. The van der Waals surface area contributed by atoms with Gasteiger partial charge in [-0.3, -0.25) is 15.4 Å². The van der Waals surface area contributed by atoms with Gasteiger partial charge in [0.1, 0.15) is 10.7 Å². The van der Waals surface area contributed by atoms with Gasteiger partial charge in [-0.2, -0.15) is 5.10 Å². The number of nitrogens with zero attached hydrogens (tertiary/aromatic N) is 3. The molecule has 0 fully saturated rings. The minimum atomic E-state index is -2.54. The number of carbonyl (C=O) groups is 2. The van der Waals surface area contributed by atoms with Gasteiger partial charge in [0.15, 0.2) is 5.13 Å². The van der Waals surface area contributed by atoms with E-state index in [0.717, 1.165) is 0 Å². The van der Waals surface area contributed by atoms with Crippen molar-refractivity contribution in [1.29, 1.82) is 0 Å². The monoisotopic (exact) mass is 475 g/mol. The quantitative estimate of drug-likeness (QED) is 0.381. The summed E-state index contributed by atoms with van der Waals surface area (Å²) in [5, 5.41) is 9.25. The topological polar surface area (TPSA) is 123 Å². The number of fused-ring (bicyclic) bond motifs is 1. The third kappa shape index (κ3) is 4.90. The normalized spacial score (nSPS) is 11.0. The second kappa shape index (κ2) is 8.84. The number of imide groups is 1. The van der Waals surface area contributed by atoms with Crippen LogP contribution in [0.1, 0.15) is 15.9 Å². The van der Waals surface area contributed by atoms with E-state index >= 15 is 0 Å². The molecule has 12 heteroatoms. The van der Waals surface area contributed by atoms with Crippen molar-refractivity contribution in [3.8, 4) is 5.69 Å². The maximum absolute atomic E-state index is 12.4. The zero-order chi connectivity index (χ0) is 22.0. The van der Waals surface area contributed by atoms with Gasteiger partial charge in [0.05, 0.1) is 32.2 Å². The molecule has 2 heterocycles. The van der Waals surface area contributed by atoms with Gasteiger partial charge in [-0.05, 0) is 42.0 Å². The molecule has 2 aromatic carbocycles. The van der Waals surface area contributed by atoms with Crippen molar-refractivity contribution in [2.45, 2.75) is 5.75 Å². The fourth-order valence-electron chi connectivity index (χ4n) is 2.82. The third-order valence-corrected chi connectivity index (χ3v) is 6.05. The first-order valence-electron chi connectivity index (χ1n) is 8.82. The molecule has 4 rings (SSSR count). The molecule has 0 aliphatic carbocycles. The molecule has 2 aromatic heterocycles.